The summed E-state index contributed by atoms with van der Waals surface area (Å²) in [6.07, 6.45) is -3.61. The number of rotatable bonds is 5. The maximum Gasteiger partial charge on any atom is 0.389 e. The van der Waals surface area contributed by atoms with E-state index in [0.717, 1.165) is 0 Å². The molecule has 0 unspecified atom stereocenters. The molecule has 96 valence electrons. The van der Waals surface area contributed by atoms with Gasteiger partial charge in [0.2, 0.25) is 0 Å². The van der Waals surface area contributed by atoms with Crippen LogP contribution in [0.5, 0.6) is 0 Å². The minimum Gasteiger partial charge on any atom is -0.377 e. The quantitative estimate of drug-likeness (QED) is 0.597. The topological polar surface area (TPSA) is 22.1 Å². The van der Waals surface area contributed by atoms with Gasteiger partial charge in [0.05, 0.1) is 11.6 Å². The zero-order valence-corrected chi connectivity index (χ0v) is 10.2. The normalized spacial score (nSPS) is 11.8. The van der Waals surface area contributed by atoms with Crippen LogP contribution < -0.4 is 0 Å². The lowest BCUT2D eigenvalue weighted by Crippen LogP contribution is -2.08. The highest BCUT2D eigenvalue weighted by atomic mass is 35.5. The van der Waals surface area contributed by atoms with Crippen LogP contribution in [0.3, 0.4) is 0 Å². The third kappa shape index (κ3) is 6.10. The van der Waals surface area contributed by atoms with Crippen molar-refractivity contribution in [2.75, 3.05) is 6.61 Å². The fourth-order valence-electron chi connectivity index (χ4n) is 1.10. The van der Waals surface area contributed by atoms with E-state index in [9.17, 15) is 13.2 Å². The summed E-state index contributed by atoms with van der Waals surface area (Å²) in [5.41, 5.74) is 0.600. The molecule has 0 N–H and O–H groups in total. The molecule has 0 amide bonds. The van der Waals surface area contributed by atoms with Gasteiger partial charge in [0.1, 0.15) is 5.15 Å². The molecule has 0 aliphatic heterocycles. The van der Waals surface area contributed by atoms with Gasteiger partial charge in [-0.3, -0.25) is 0 Å². The summed E-state index contributed by atoms with van der Waals surface area (Å²) in [4.78, 5) is 3.80. The SMILES string of the molecule is FC(F)(F)CCCOCc1cnc(Cl)cc1Cl. The van der Waals surface area contributed by atoms with Crippen LogP contribution >= 0.6 is 23.2 Å². The molecule has 1 aromatic heterocycles. The first-order chi connectivity index (χ1) is 7.88. The van der Waals surface area contributed by atoms with E-state index in [-0.39, 0.29) is 24.8 Å². The minimum absolute atomic E-state index is 0.0263. The first-order valence-corrected chi connectivity index (χ1v) is 5.58. The summed E-state index contributed by atoms with van der Waals surface area (Å²) in [6, 6.07) is 1.46. The molecule has 0 spiro atoms. The fourth-order valence-corrected chi connectivity index (χ4v) is 1.52. The van der Waals surface area contributed by atoms with E-state index in [2.05, 4.69) is 4.98 Å². The fraction of sp³-hybridized carbons (Fsp3) is 0.500. The molecular formula is C10H10Cl2F3NO. The molecule has 0 radical (unpaired) electrons. The first-order valence-electron chi connectivity index (χ1n) is 4.83. The van der Waals surface area contributed by atoms with E-state index in [0.29, 0.717) is 10.6 Å². The van der Waals surface area contributed by atoms with Crippen LogP contribution in [0.15, 0.2) is 12.3 Å². The third-order valence-electron chi connectivity index (χ3n) is 1.90. The monoisotopic (exact) mass is 287 g/mol. The van der Waals surface area contributed by atoms with Gasteiger partial charge in [0.25, 0.3) is 0 Å². The van der Waals surface area contributed by atoms with Crippen LogP contribution in [0.1, 0.15) is 18.4 Å². The van der Waals surface area contributed by atoms with Gasteiger partial charge in [-0.05, 0) is 12.5 Å². The Labute approximate surface area is 107 Å². The van der Waals surface area contributed by atoms with Crippen LogP contribution in [0.4, 0.5) is 13.2 Å². The van der Waals surface area contributed by atoms with Crippen molar-refractivity contribution in [3.8, 4) is 0 Å². The Morgan fingerprint density at radius 1 is 1.29 bits per heavy atom. The van der Waals surface area contributed by atoms with Crippen molar-refractivity contribution in [3.05, 3.63) is 28.0 Å². The number of hydrogen-bond acceptors (Lipinski definition) is 2. The van der Waals surface area contributed by atoms with Crippen LogP contribution in [-0.4, -0.2) is 17.8 Å². The zero-order chi connectivity index (χ0) is 12.9. The smallest absolute Gasteiger partial charge is 0.377 e. The average molecular weight is 288 g/mol. The maximum atomic E-state index is 11.8. The summed E-state index contributed by atoms with van der Waals surface area (Å²) < 4.78 is 40.5. The van der Waals surface area contributed by atoms with Gasteiger partial charge < -0.3 is 4.74 Å². The number of halogens is 5. The van der Waals surface area contributed by atoms with Gasteiger partial charge in [-0.25, -0.2) is 4.98 Å². The van der Waals surface area contributed by atoms with E-state index in [4.69, 9.17) is 27.9 Å². The van der Waals surface area contributed by atoms with Crippen molar-refractivity contribution in [2.24, 2.45) is 0 Å². The molecule has 1 heterocycles. The lowest BCUT2D eigenvalue weighted by atomic mass is 10.3. The van der Waals surface area contributed by atoms with E-state index in [1.807, 2.05) is 0 Å². The maximum absolute atomic E-state index is 11.8. The van der Waals surface area contributed by atoms with Gasteiger partial charge in [0.15, 0.2) is 0 Å². The molecule has 0 saturated heterocycles. The summed E-state index contributed by atoms with van der Waals surface area (Å²) >= 11 is 11.4. The van der Waals surface area contributed by atoms with Crippen molar-refractivity contribution in [1.82, 2.24) is 4.98 Å². The van der Waals surface area contributed by atoms with E-state index >= 15 is 0 Å². The number of ether oxygens (including phenoxy) is 1. The van der Waals surface area contributed by atoms with E-state index in [1.165, 1.54) is 12.3 Å². The first kappa shape index (κ1) is 14.5. The van der Waals surface area contributed by atoms with Crippen LogP contribution in [0, 0.1) is 0 Å². The summed E-state index contributed by atoms with van der Waals surface area (Å²) in [7, 11) is 0. The van der Waals surface area contributed by atoms with Crippen LogP contribution in [0.2, 0.25) is 10.2 Å². The highest BCUT2D eigenvalue weighted by Crippen LogP contribution is 2.22. The summed E-state index contributed by atoms with van der Waals surface area (Å²) in [5, 5.41) is 0.650. The second-order valence-corrected chi connectivity index (χ2v) is 4.16. The molecule has 1 rings (SSSR count). The van der Waals surface area contributed by atoms with Gasteiger partial charge in [-0.15, -0.1) is 0 Å². The van der Waals surface area contributed by atoms with E-state index < -0.39 is 12.6 Å². The highest BCUT2D eigenvalue weighted by Gasteiger charge is 2.25. The predicted octanol–water partition coefficient (Wildman–Crippen LogP) is 4.25. The van der Waals surface area contributed by atoms with Gasteiger partial charge in [0, 0.05) is 24.8 Å². The molecule has 0 bridgehead atoms. The van der Waals surface area contributed by atoms with Crippen LogP contribution in [-0.2, 0) is 11.3 Å². The molecule has 7 heteroatoms. The Morgan fingerprint density at radius 2 is 2.00 bits per heavy atom. The number of nitrogens with zero attached hydrogens (tertiary/aromatic N) is 1. The lowest BCUT2D eigenvalue weighted by molar-refractivity contribution is -0.138. The van der Waals surface area contributed by atoms with Crippen molar-refractivity contribution in [2.45, 2.75) is 25.6 Å². The number of aromatic nitrogens is 1. The largest absolute Gasteiger partial charge is 0.389 e. The Bertz CT molecular complexity index is 371. The number of pyridine rings is 1. The van der Waals surface area contributed by atoms with Gasteiger partial charge in [-0.1, -0.05) is 23.2 Å². The second-order valence-electron chi connectivity index (χ2n) is 3.37. The molecule has 0 atom stereocenters. The minimum atomic E-state index is -4.14. The molecule has 0 aliphatic rings. The zero-order valence-electron chi connectivity index (χ0n) is 8.73. The average Bonchev–Trinajstić information content (AvgIpc) is 2.18. The molecular weight excluding hydrogens is 278 g/mol. The van der Waals surface area contributed by atoms with E-state index in [1.54, 1.807) is 0 Å². The Kier molecular flexibility index (Phi) is 5.49. The standard InChI is InChI=1S/C10H10Cl2F3NO/c11-8-4-9(12)16-5-7(8)6-17-3-1-2-10(13,14)15/h4-5H,1-3,6H2. The molecule has 2 nitrogen and oxygen atoms in total. The number of alkyl halides is 3. The summed E-state index contributed by atoms with van der Waals surface area (Å²) in [6.45, 7) is 0.152. The predicted molar refractivity (Wildman–Crippen MR) is 59.2 cm³/mol. The summed E-state index contributed by atoms with van der Waals surface area (Å²) in [5.74, 6) is 0. The molecule has 17 heavy (non-hydrogen) atoms. The van der Waals surface area contributed by atoms with Crippen molar-refractivity contribution in [1.29, 1.82) is 0 Å². The van der Waals surface area contributed by atoms with Crippen molar-refractivity contribution >= 4 is 23.2 Å². The molecule has 0 fully saturated rings. The molecule has 0 saturated carbocycles. The molecule has 0 aromatic carbocycles. The second kappa shape index (κ2) is 6.42. The highest BCUT2D eigenvalue weighted by molar-refractivity contribution is 6.34. The molecule has 1 aromatic rings. The van der Waals surface area contributed by atoms with Crippen LogP contribution in [0.25, 0.3) is 0 Å². The lowest BCUT2D eigenvalue weighted by Gasteiger charge is -2.07. The van der Waals surface area contributed by atoms with Crippen molar-refractivity contribution in [3.63, 3.8) is 0 Å². The van der Waals surface area contributed by atoms with Gasteiger partial charge >= 0.3 is 6.18 Å². The third-order valence-corrected chi connectivity index (χ3v) is 2.46. The molecule has 0 aliphatic carbocycles. The Balaban J connectivity index is 2.27. The number of hydrogen-bond donors (Lipinski definition) is 0. The van der Waals surface area contributed by atoms with Gasteiger partial charge in [-0.2, -0.15) is 13.2 Å². The Morgan fingerprint density at radius 3 is 2.59 bits per heavy atom. The Hall–Kier alpha value is -0.520. The van der Waals surface area contributed by atoms with Crippen molar-refractivity contribution < 1.29 is 17.9 Å².